The second-order valence-corrected chi connectivity index (χ2v) is 2.56. The minimum absolute atomic E-state index is 0.00434. The lowest BCUT2D eigenvalue weighted by Crippen LogP contribution is -2.53. The van der Waals surface area contributed by atoms with Crippen molar-refractivity contribution in [2.24, 2.45) is 0 Å². The second-order valence-electron chi connectivity index (χ2n) is 2.56. The Morgan fingerprint density at radius 1 is 1.69 bits per heavy atom. The Kier molecular flexibility index (Phi) is 3.19. The van der Waals surface area contributed by atoms with Gasteiger partial charge in [0, 0.05) is 0 Å². The highest BCUT2D eigenvalue weighted by molar-refractivity contribution is 5.68. The maximum absolute atomic E-state index is 11.0. The Balaban J connectivity index is 2.16. The van der Waals surface area contributed by atoms with Gasteiger partial charge in [0.1, 0.15) is 0 Å². The first kappa shape index (κ1) is 9.44. The lowest BCUT2D eigenvalue weighted by Gasteiger charge is -2.34. The first-order chi connectivity index (χ1) is 6.24. The molecule has 1 heterocycles. The number of nitrogens with zero attached hydrogens (tertiary/aromatic N) is 1. The summed E-state index contributed by atoms with van der Waals surface area (Å²) in [7, 11) is 0. The van der Waals surface area contributed by atoms with Crippen LogP contribution < -0.4 is 0 Å². The number of likely N-dealkylation sites (tertiary alicyclic amines) is 1. The van der Waals surface area contributed by atoms with E-state index in [1.54, 1.807) is 0 Å². The summed E-state index contributed by atoms with van der Waals surface area (Å²) in [6, 6.07) is 0. The van der Waals surface area contributed by atoms with Crippen LogP contribution >= 0.6 is 0 Å². The van der Waals surface area contributed by atoms with Crippen LogP contribution in [0.2, 0.25) is 0 Å². The van der Waals surface area contributed by atoms with E-state index < -0.39 is 12.2 Å². The van der Waals surface area contributed by atoms with Gasteiger partial charge in [-0.05, 0) is 17.8 Å². The van der Waals surface area contributed by atoms with Crippen molar-refractivity contribution in [2.45, 2.75) is 6.10 Å². The molecule has 0 bridgehead atoms. The molecule has 1 aliphatic rings. The molecule has 1 rings (SSSR count). The van der Waals surface area contributed by atoms with E-state index in [0.717, 1.165) is 0 Å². The van der Waals surface area contributed by atoms with Gasteiger partial charge >= 0.3 is 6.09 Å². The average Bonchev–Trinajstić information content (AvgIpc) is 2.07. The molecule has 1 N–H and O–H groups in total. The topological polar surface area (TPSA) is 49.8 Å². The molecule has 0 saturated carbocycles. The van der Waals surface area contributed by atoms with Gasteiger partial charge < -0.3 is 14.7 Å². The third kappa shape index (κ3) is 2.70. The van der Waals surface area contributed by atoms with Gasteiger partial charge in [0.15, 0.2) is 6.61 Å². The van der Waals surface area contributed by atoms with E-state index >= 15 is 0 Å². The fourth-order valence-electron chi connectivity index (χ4n) is 0.881. The summed E-state index contributed by atoms with van der Waals surface area (Å²) in [5.41, 5.74) is 0. The highest BCUT2D eigenvalue weighted by Crippen LogP contribution is 2.08. The van der Waals surface area contributed by atoms with Crippen molar-refractivity contribution < 1.29 is 14.6 Å². The summed E-state index contributed by atoms with van der Waals surface area (Å²) in [6.45, 7) is 0.665. The Labute approximate surface area is 76.5 Å². The zero-order chi connectivity index (χ0) is 9.68. The molecule has 0 aromatic heterocycles. The lowest BCUT2D eigenvalue weighted by atomic mass is 10.2. The van der Waals surface area contributed by atoms with Crippen molar-refractivity contribution in [1.29, 1.82) is 0 Å². The molecular formula is C9H9NO3. The molecule has 4 heteroatoms. The van der Waals surface area contributed by atoms with Gasteiger partial charge in [0.2, 0.25) is 0 Å². The van der Waals surface area contributed by atoms with Gasteiger partial charge in [-0.15, -0.1) is 6.42 Å². The molecule has 1 fully saturated rings. The van der Waals surface area contributed by atoms with Crippen molar-refractivity contribution in [1.82, 2.24) is 4.90 Å². The molecule has 1 aliphatic heterocycles. The molecular weight excluding hydrogens is 170 g/mol. The molecule has 0 atom stereocenters. The van der Waals surface area contributed by atoms with Crippen molar-refractivity contribution in [3.63, 3.8) is 0 Å². The Hall–Kier alpha value is -1.65. The smallest absolute Gasteiger partial charge is 0.410 e. The molecule has 0 aromatic carbocycles. The van der Waals surface area contributed by atoms with Crippen molar-refractivity contribution in [3.8, 4) is 24.2 Å². The van der Waals surface area contributed by atoms with Crippen LogP contribution in [0.4, 0.5) is 4.79 Å². The minimum atomic E-state index is -0.461. The highest BCUT2D eigenvalue weighted by atomic mass is 16.6. The normalized spacial score (nSPS) is 14.9. The fraction of sp³-hybridized carbons (Fsp3) is 0.444. The zero-order valence-electron chi connectivity index (χ0n) is 6.99. The SMILES string of the molecule is C#CC#CCOC(=O)N1CC(O)C1. The number of carbonyl (C=O) groups is 1. The van der Waals surface area contributed by atoms with Gasteiger partial charge in [0.05, 0.1) is 19.2 Å². The third-order valence-corrected chi connectivity index (χ3v) is 1.55. The first-order valence-corrected chi connectivity index (χ1v) is 3.77. The Morgan fingerprint density at radius 2 is 2.38 bits per heavy atom. The van der Waals surface area contributed by atoms with Crippen molar-refractivity contribution in [2.75, 3.05) is 19.7 Å². The summed E-state index contributed by atoms with van der Waals surface area (Å²) in [6.07, 6.45) is 3.98. The van der Waals surface area contributed by atoms with Gasteiger partial charge in [-0.3, -0.25) is 0 Å². The molecule has 0 aliphatic carbocycles. The van der Waals surface area contributed by atoms with Crippen LogP contribution in [0.25, 0.3) is 0 Å². The van der Waals surface area contributed by atoms with Crippen LogP contribution in [-0.4, -0.2) is 41.9 Å². The van der Waals surface area contributed by atoms with Crippen molar-refractivity contribution in [3.05, 3.63) is 0 Å². The van der Waals surface area contributed by atoms with Gasteiger partial charge in [-0.25, -0.2) is 4.79 Å². The summed E-state index contributed by atoms with van der Waals surface area (Å²) >= 11 is 0. The molecule has 0 spiro atoms. The van der Waals surface area contributed by atoms with Gasteiger partial charge in [0.25, 0.3) is 0 Å². The van der Waals surface area contributed by atoms with Gasteiger partial charge in [-0.2, -0.15) is 0 Å². The number of aliphatic hydroxyl groups is 1. The van der Waals surface area contributed by atoms with E-state index in [0.29, 0.717) is 13.1 Å². The monoisotopic (exact) mass is 179 g/mol. The number of hydrogen-bond donors (Lipinski definition) is 1. The highest BCUT2D eigenvalue weighted by Gasteiger charge is 2.29. The van der Waals surface area contributed by atoms with Crippen LogP contribution in [0.3, 0.4) is 0 Å². The average molecular weight is 179 g/mol. The Bertz CT molecular complexity index is 288. The number of β-amino-alcohol motifs (C(OH)–C–C–N with tert-alkyl or cyclic N) is 1. The number of carbonyl (C=O) groups excluding carboxylic acids is 1. The standard InChI is InChI=1S/C9H9NO3/c1-2-3-4-5-13-9(12)10-6-8(11)7-10/h1,8,11H,5-7H2. The van der Waals surface area contributed by atoms with E-state index in [1.807, 2.05) is 0 Å². The maximum atomic E-state index is 11.0. The quantitative estimate of drug-likeness (QED) is 0.549. The number of hydrogen-bond acceptors (Lipinski definition) is 3. The van der Waals surface area contributed by atoms with Crippen LogP contribution in [0.5, 0.6) is 0 Å². The lowest BCUT2D eigenvalue weighted by molar-refractivity contribution is 0.00125. The number of ether oxygens (including phenoxy) is 1. The van der Waals surface area contributed by atoms with Crippen LogP contribution in [0.1, 0.15) is 0 Å². The van der Waals surface area contributed by atoms with Crippen molar-refractivity contribution >= 4 is 6.09 Å². The predicted octanol–water partition coefficient (Wildman–Crippen LogP) is -0.564. The molecule has 1 saturated heterocycles. The molecule has 1 amide bonds. The largest absolute Gasteiger partial charge is 0.436 e. The molecule has 13 heavy (non-hydrogen) atoms. The van der Waals surface area contributed by atoms with E-state index in [4.69, 9.17) is 16.3 Å². The molecule has 68 valence electrons. The summed E-state index contributed by atoms with van der Waals surface area (Å²) in [4.78, 5) is 12.4. The first-order valence-electron chi connectivity index (χ1n) is 3.77. The third-order valence-electron chi connectivity index (χ3n) is 1.55. The molecule has 0 radical (unpaired) electrons. The fourth-order valence-corrected chi connectivity index (χ4v) is 0.881. The number of amides is 1. The second kappa shape index (κ2) is 4.39. The maximum Gasteiger partial charge on any atom is 0.410 e. The van der Waals surface area contributed by atoms with Gasteiger partial charge in [-0.1, -0.05) is 0 Å². The Morgan fingerprint density at radius 3 is 2.92 bits per heavy atom. The zero-order valence-corrected chi connectivity index (χ0v) is 6.99. The predicted molar refractivity (Wildman–Crippen MR) is 45.5 cm³/mol. The molecule has 0 aromatic rings. The minimum Gasteiger partial charge on any atom is -0.436 e. The van der Waals surface area contributed by atoms with E-state index in [9.17, 15) is 4.79 Å². The van der Waals surface area contributed by atoms with E-state index in [2.05, 4.69) is 17.8 Å². The van der Waals surface area contributed by atoms with E-state index in [1.165, 1.54) is 4.90 Å². The van der Waals surface area contributed by atoms with Crippen LogP contribution in [0.15, 0.2) is 0 Å². The van der Waals surface area contributed by atoms with E-state index in [-0.39, 0.29) is 6.61 Å². The van der Waals surface area contributed by atoms with Crippen LogP contribution in [-0.2, 0) is 4.74 Å². The summed E-state index contributed by atoms with van der Waals surface area (Å²) in [5.74, 6) is 6.88. The number of rotatable bonds is 1. The number of terminal acetylenes is 1. The summed E-state index contributed by atoms with van der Waals surface area (Å²) in [5, 5.41) is 8.87. The number of aliphatic hydroxyl groups excluding tert-OH is 1. The summed E-state index contributed by atoms with van der Waals surface area (Å²) < 4.78 is 4.70. The van der Waals surface area contributed by atoms with Crippen LogP contribution in [0, 0.1) is 24.2 Å². The molecule has 0 unspecified atom stereocenters. The molecule has 4 nitrogen and oxygen atoms in total.